The minimum Gasteiger partial charge on any atom is -0.465 e. The van der Waals surface area contributed by atoms with Crippen molar-refractivity contribution in [3.05, 3.63) is 35.4 Å². The molecule has 0 aliphatic carbocycles. The Balaban J connectivity index is 2.87. The third kappa shape index (κ3) is 2.52. The smallest absolute Gasteiger partial charge is 0.337 e. The predicted octanol–water partition coefficient (Wildman–Crippen LogP) is 2.84. The molecule has 1 rings (SSSR count). The van der Waals surface area contributed by atoms with Gasteiger partial charge < -0.3 is 4.74 Å². The number of hydrogen-bond donors (Lipinski definition) is 0. The van der Waals surface area contributed by atoms with E-state index in [1.54, 1.807) is 0 Å². The van der Waals surface area contributed by atoms with E-state index in [2.05, 4.69) is 20.7 Å². The van der Waals surface area contributed by atoms with Gasteiger partial charge in [0.2, 0.25) is 0 Å². The number of rotatable bonds is 2. The Hall–Kier alpha value is -0.900. The number of hydrogen-bond acceptors (Lipinski definition) is 2. The van der Waals surface area contributed by atoms with Crippen molar-refractivity contribution in [2.45, 2.75) is 5.08 Å². The number of carbonyl (C=O) groups is 1. The number of halogens is 2. The predicted molar refractivity (Wildman–Crippen MR) is 50.6 cm³/mol. The Labute approximate surface area is 83.8 Å². The van der Waals surface area contributed by atoms with E-state index in [0.29, 0.717) is 11.1 Å². The largest absolute Gasteiger partial charge is 0.465 e. The summed E-state index contributed by atoms with van der Waals surface area (Å²) in [5.41, 5.74) is 0.895. The van der Waals surface area contributed by atoms with Crippen LogP contribution in [0.4, 0.5) is 4.39 Å². The Morgan fingerprint density at radius 3 is 2.38 bits per heavy atom. The van der Waals surface area contributed by atoms with Gasteiger partial charge in [0.1, 0.15) is 0 Å². The van der Waals surface area contributed by atoms with Crippen LogP contribution in [0.5, 0.6) is 0 Å². The number of benzene rings is 1. The lowest BCUT2D eigenvalue weighted by atomic mass is 10.1. The molecule has 0 radical (unpaired) electrons. The fourth-order valence-electron chi connectivity index (χ4n) is 0.883. The molecule has 1 unspecified atom stereocenters. The summed E-state index contributed by atoms with van der Waals surface area (Å²) in [6.07, 6.45) is 0. The Bertz CT molecular complexity index is 295. The quantitative estimate of drug-likeness (QED) is 0.593. The molecule has 0 amide bonds. The lowest BCUT2D eigenvalue weighted by molar-refractivity contribution is 0.0600. The first kappa shape index (κ1) is 10.2. The maximum absolute atomic E-state index is 12.6. The van der Waals surface area contributed by atoms with Gasteiger partial charge in [-0.15, -0.1) is 0 Å². The molecule has 0 saturated heterocycles. The summed E-state index contributed by atoms with van der Waals surface area (Å²) in [6, 6.07) is 6.11. The van der Waals surface area contributed by atoms with Crippen LogP contribution < -0.4 is 0 Å². The first-order chi connectivity index (χ1) is 6.15. The van der Waals surface area contributed by atoms with Gasteiger partial charge in [-0.3, -0.25) is 0 Å². The summed E-state index contributed by atoms with van der Waals surface area (Å²) in [4.78, 5) is 11.0. The Kier molecular flexibility index (Phi) is 3.42. The number of methoxy groups -OCH3 is 1. The second-order valence-corrected chi connectivity index (χ2v) is 3.22. The van der Waals surface area contributed by atoms with E-state index in [0.717, 1.165) is 0 Å². The number of alkyl halides is 2. The van der Waals surface area contributed by atoms with Gasteiger partial charge in [0.05, 0.1) is 12.7 Å². The number of ether oxygens (including phenoxy) is 1. The van der Waals surface area contributed by atoms with Crippen molar-refractivity contribution in [3.8, 4) is 0 Å². The molecule has 0 N–H and O–H groups in total. The molecule has 0 heterocycles. The summed E-state index contributed by atoms with van der Waals surface area (Å²) in [5.74, 6) is -0.420. The van der Waals surface area contributed by atoms with Crippen LogP contribution in [0.3, 0.4) is 0 Å². The van der Waals surface area contributed by atoms with Crippen molar-refractivity contribution in [2.75, 3.05) is 7.11 Å². The number of esters is 1. The second kappa shape index (κ2) is 4.37. The van der Waals surface area contributed by atoms with Gasteiger partial charge in [0.25, 0.3) is 0 Å². The monoisotopic (exact) mass is 246 g/mol. The maximum Gasteiger partial charge on any atom is 0.337 e. The molecule has 0 spiro atoms. The first-order valence-electron chi connectivity index (χ1n) is 3.61. The van der Waals surface area contributed by atoms with E-state index < -0.39 is 11.1 Å². The zero-order valence-electron chi connectivity index (χ0n) is 6.96. The SMILES string of the molecule is COC(=O)c1ccc(C(F)Br)cc1. The van der Waals surface area contributed by atoms with Crippen LogP contribution in [0.25, 0.3) is 0 Å². The highest BCUT2D eigenvalue weighted by molar-refractivity contribution is 9.09. The molecule has 0 bridgehead atoms. The van der Waals surface area contributed by atoms with Crippen LogP contribution in [-0.4, -0.2) is 13.1 Å². The van der Waals surface area contributed by atoms with E-state index >= 15 is 0 Å². The van der Waals surface area contributed by atoms with Crippen LogP contribution in [0.15, 0.2) is 24.3 Å². The van der Waals surface area contributed by atoms with Crippen molar-refractivity contribution >= 4 is 21.9 Å². The zero-order valence-corrected chi connectivity index (χ0v) is 8.55. The highest BCUT2D eigenvalue weighted by Gasteiger charge is 2.07. The molecule has 0 aliphatic heterocycles. The van der Waals surface area contributed by atoms with Gasteiger partial charge in [-0.2, -0.15) is 0 Å². The Morgan fingerprint density at radius 1 is 1.46 bits per heavy atom. The molecule has 0 fully saturated rings. The fraction of sp³-hybridized carbons (Fsp3) is 0.222. The van der Waals surface area contributed by atoms with Crippen LogP contribution in [0, 0.1) is 0 Å². The summed E-state index contributed by atoms with van der Waals surface area (Å²) in [5, 5.41) is -1.20. The van der Waals surface area contributed by atoms with Gasteiger partial charge in [0.15, 0.2) is 5.08 Å². The van der Waals surface area contributed by atoms with Crippen molar-refractivity contribution in [1.82, 2.24) is 0 Å². The molecule has 0 aromatic heterocycles. The lowest BCUT2D eigenvalue weighted by Crippen LogP contribution is -2.00. The third-order valence-corrected chi connectivity index (χ3v) is 2.11. The van der Waals surface area contributed by atoms with E-state index in [9.17, 15) is 9.18 Å². The first-order valence-corrected chi connectivity index (χ1v) is 4.53. The third-order valence-electron chi connectivity index (χ3n) is 1.58. The van der Waals surface area contributed by atoms with Gasteiger partial charge in [0, 0.05) is 0 Å². The second-order valence-electron chi connectivity index (χ2n) is 2.41. The molecule has 1 atom stereocenters. The maximum atomic E-state index is 12.6. The zero-order chi connectivity index (χ0) is 9.84. The Morgan fingerprint density at radius 2 is 2.00 bits per heavy atom. The summed E-state index contributed by atoms with van der Waals surface area (Å²) >= 11 is 2.78. The molecule has 13 heavy (non-hydrogen) atoms. The lowest BCUT2D eigenvalue weighted by Gasteiger charge is -2.01. The van der Waals surface area contributed by atoms with Crippen molar-refractivity contribution in [2.24, 2.45) is 0 Å². The van der Waals surface area contributed by atoms with E-state index in [1.165, 1.54) is 31.4 Å². The van der Waals surface area contributed by atoms with Crippen LogP contribution in [0.1, 0.15) is 21.0 Å². The summed E-state index contributed by atoms with van der Waals surface area (Å²) < 4.78 is 17.1. The molecule has 0 aliphatic rings. The number of carbonyl (C=O) groups excluding carboxylic acids is 1. The minimum absolute atomic E-state index is 0.416. The van der Waals surface area contributed by atoms with E-state index in [4.69, 9.17) is 0 Å². The van der Waals surface area contributed by atoms with Gasteiger partial charge in [-0.05, 0) is 33.6 Å². The minimum atomic E-state index is -1.20. The molecule has 1 aromatic rings. The van der Waals surface area contributed by atoms with Crippen molar-refractivity contribution in [3.63, 3.8) is 0 Å². The topological polar surface area (TPSA) is 26.3 Å². The molecule has 70 valence electrons. The van der Waals surface area contributed by atoms with Crippen molar-refractivity contribution in [1.29, 1.82) is 0 Å². The standard InChI is InChI=1S/C9H8BrFO2/c1-13-9(12)7-4-2-6(3-5-7)8(10)11/h2-5,8H,1H3. The average molecular weight is 247 g/mol. The van der Waals surface area contributed by atoms with Gasteiger partial charge >= 0.3 is 5.97 Å². The average Bonchev–Trinajstić information content (AvgIpc) is 2.17. The summed E-state index contributed by atoms with van der Waals surface area (Å²) in [7, 11) is 1.30. The van der Waals surface area contributed by atoms with E-state index in [-0.39, 0.29) is 0 Å². The highest BCUT2D eigenvalue weighted by atomic mass is 79.9. The molecular formula is C9H8BrFO2. The van der Waals surface area contributed by atoms with Crippen LogP contribution >= 0.6 is 15.9 Å². The van der Waals surface area contributed by atoms with Gasteiger partial charge in [-0.25, -0.2) is 9.18 Å². The van der Waals surface area contributed by atoms with Crippen LogP contribution in [0.2, 0.25) is 0 Å². The molecular weight excluding hydrogens is 239 g/mol. The van der Waals surface area contributed by atoms with Crippen molar-refractivity contribution < 1.29 is 13.9 Å². The molecule has 2 nitrogen and oxygen atoms in total. The molecule has 0 saturated carbocycles. The molecule has 4 heteroatoms. The van der Waals surface area contributed by atoms with Crippen LogP contribution in [-0.2, 0) is 4.74 Å². The van der Waals surface area contributed by atoms with E-state index in [1.807, 2.05) is 0 Å². The highest BCUT2D eigenvalue weighted by Crippen LogP contribution is 2.23. The molecule has 1 aromatic carbocycles. The normalized spacial score (nSPS) is 12.2. The van der Waals surface area contributed by atoms with Gasteiger partial charge in [-0.1, -0.05) is 12.1 Å². The summed E-state index contributed by atoms with van der Waals surface area (Å²) in [6.45, 7) is 0. The fourth-order valence-corrected chi connectivity index (χ4v) is 1.19.